The van der Waals surface area contributed by atoms with Crippen molar-refractivity contribution in [3.8, 4) is 0 Å². The van der Waals surface area contributed by atoms with Crippen molar-refractivity contribution < 1.29 is 27.2 Å². The molecule has 8 nitrogen and oxygen atoms in total. The summed E-state index contributed by atoms with van der Waals surface area (Å²) in [6, 6.07) is 8.45. The molecule has 4 rings (SSSR count). The molecule has 0 unspecified atom stereocenters. The van der Waals surface area contributed by atoms with Crippen LogP contribution in [0.15, 0.2) is 40.8 Å². The van der Waals surface area contributed by atoms with Gasteiger partial charge in [0.15, 0.2) is 5.58 Å². The SMILES string of the molecule is Nc1ccc(C(F)(F)F)cc1C(=O)NCC(=O)NCC1CCN(Cc2ccc3oc(=S)[nH]c3c2)CC1. The molecule has 0 aliphatic carbocycles. The van der Waals surface area contributed by atoms with Crippen LogP contribution in [0.5, 0.6) is 0 Å². The zero-order valence-electron chi connectivity index (χ0n) is 19.3. The van der Waals surface area contributed by atoms with Crippen LogP contribution in [0.25, 0.3) is 11.1 Å². The van der Waals surface area contributed by atoms with E-state index in [2.05, 4.69) is 20.5 Å². The summed E-state index contributed by atoms with van der Waals surface area (Å²) in [4.78, 5) is 30.2. The molecule has 0 radical (unpaired) electrons. The highest BCUT2D eigenvalue weighted by molar-refractivity contribution is 7.71. The number of nitrogens with zero attached hydrogens (tertiary/aromatic N) is 1. The lowest BCUT2D eigenvalue weighted by molar-refractivity contribution is -0.137. The van der Waals surface area contributed by atoms with Gasteiger partial charge in [-0.3, -0.25) is 14.5 Å². The molecule has 192 valence electrons. The van der Waals surface area contributed by atoms with E-state index in [0.29, 0.717) is 23.4 Å². The number of nitrogen functional groups attached to an aromatic ring is 1. The number of carbonyl (C=O) groups is 2. The number of nitrogens with two attached hydrogens (primary N) is 1. The zero-order chi connectivity index (χ0) is 25.9. The summed E-state index contributed by atoms with van der Waals surface area (Å²) in [7, 11) is 0. The van der Waals surface area contributed by atoms with E-state index in [9.17, 15) is 22.8 Å². The summed E-state index contributed by atoms with van der Waals surface area (Å²) < 4.78 is 44.1. The molecule has 1 saturated heterocycles. The fraction of sp³-hybridized carbons (Fsp3) is 0.375. The van der Waals surface area contributed by atoms with E-state index >= 15 is 0 Å². The number of oxazole rings is 1. The van der Waals surface area contributed by atoms with E-state index < -0.39 is 23.6 Å². The number of H-pyrrole nitrogens is 1. The Morgan fingerprint density at radius 2 is 1.89 bits per heavy atom. The number of hydrogen-bond donors (Lipinski definition) is 4. The minimum absolute atomic E-state index is 0.0967. The first kappa shape index (κ1) is 25.7. The Kier molecular flexibility index (Phi) is 7.65. The zero-order valence-corrected chi connectivity index (χ0v) is 20.1. The van der Waals surface area contributed by atoms with Gasteiger partial charge in [0.2, 0.25) is 5.91 Å². The Morgan fingerprint density at radius 3 is 2.61 bits per heavy atom. The molecule has 0 atom stereocenters. The molecular formula is C24H26F3N5O3S. The van der Waals surface area contributed by atoms with Gasteiger partial charge in [0.1, 0.15) is 0 Å². The van der Waals surface area contributed by atoms with Crippen LogP contribution in [0.3, 0.4) is 0 Å². The summed E-state index contributed by atoms with van der Waals surface area (Å²) in [5.41, 5.74) is 6.99. The fourth-order valence-electron chi connectivity index (χ4n) is 4.21. The number of alkyl halides is 3. The third-order valence-corrected chi connectivity index (χ3v) is 6.40. The van der Waals surface area contributed by atoms with Gasteiger partial charge >= 0.3 is 6.18 Å². The van der Waals surface area contributed by atoms with Crippen molar-refractivity contribution in [2.24, 2.45) is 5.92 Å². The van der Waals surface area contributed by atoms with Gasteiger partial charge in [-0.25, -0.2) is 0 Å². The maximum Gasteiger partial charge on any atom is 0.416 e. The van der Waals surface area contributed by atoms with E-state index in [1.807, 2.05) is 18.2 Å². The van der Waals surface area contributed by atoms with Gasteiger partial charge in [-0.2, -0.15) is 13.2 Å². The molecule has 0 spiro atoms. The normalized spacial score (nSPS) is 15.2. The Bertz CT molecular complexity index is 1310. The van der Waals surface area contributed by atoms with Crippen LogP contribution in [0, 0.1) is 10.8 Å². The summed E-state index contributed by atoms with van der Waals surface area (Å²) in [6.45, 7) is 2.67. The molecule has 1 aliphatic rings. The highest BCUT2D eigenvalue weighted by atomic mass is 32.1. The van der Waals surface area contributed by atoms with E-state index in [-0.39, 0.29) is 17.8 Å². The highest BCUT2D eigenvalue weighted by Crippen LogP contribution is 2.31. The van der Waals surface area contributed by atoms with Crippen molar-refractivity contribution in [3.63, 3.8) is 0 Å². The summed E-state index contributed by atoms with van der Waals surface area (Å²) in [5, 5.41) is 5.12. The van der Waals surface area contributed by atoms with Crippen LogP contribution in [0.4, 0.5) is 18.9 Å². The predicted octanol–water partition coefficient (Wildman–Crippen LogP) is 3.85. The molecule has 3 aromatic rings. The number of anilines is 1. The molecule has 0 bridgehead atoms. The van der Waals surface area contributed by atoms with Gasteiger partial charge in [0, 0.05) is 18.8 Å². The molecule has 0 saturated carbocycles. The first-order chi connectivity index (χ1) is 17.1. The molecule has 1 fully saturated rings. The molecule has 1 aliphatic heterocycles. The van der Waals surface area contributed by atoms with Crippen molar-refractivity contribution in [2.75, 3.05) is 31.9 Å². The average Bonchev–Trinajstić information content (AvgIpc) is 3.21. The molecule has 36 heavy (non-hydrogen) atoms. The average molecular weight is 522 g/mol. The predicted molar refractivity (Wildman–Crippen MR) is 131 cm³/mol. The van der Waals surface area contributed by atoms with Crippen LogP contribution in [0.1, 0.15) is 34.3 Å². The quantitative estimate of drug-likeness (QED) is 0.277. The monoisotopic (exact) mass is 521 g/mol. The Balaban J connectivity index is 1.19. The molecule has 2 amide bonds. The van der Waals surface area contributed by atoms with E-state index in [4.69, 9.17) is 22.4 Å². The van der Waals surface area contributed by atoms with Crippen molar-refractivity contribution in [1.82, 2.24) is 20.5 Å². The number of amides is 2. The number of likely N-dealkylation sites (tertiary alicyclic amines) is 1. The van der Waals surface area contributed by atoms with Gasteiger partial charge in [0.05, 0.1) is 23.2 Å². The minimum atomic E-state index is -4.60. The third-order valence-electron chi connectivity index (χ3n) is 6.22. The lowest BCUT2D eigenvalue weighted by Crippen LogP contribution is -2.41. The number of carbonyl (C=O) groups excluding carboxylic acids is 2. The number of benzene rings is 2. The number of piperidine rings is 1. The Labute approximate surface area is 210 Å². The summed E-state index contributed by atoms with van der Waals surface area (Å²) in [5.74, 6) is -0.952. The molecule has 2 aromatic carbocycles. The van der Waals surface area contributed by atoms with Gasteiger partial charge in [0.25, 0.3) is 10.7 Å². The highest BCUT2D eigenvalue weighted by Gasteiger charge is 2.31. The maximum atomic E-state index is 12.9. The van der Waals surface area contributed by atoms with E-state index in [0.717, 1.165) is 61.3 Å². The number of aromatic amines is 1. The van der Waals surface area contributed by atoms with Crippen LogP contribution in [-0.2, 0) is 17.5 Å². The second-order valence-corrected chi connectivity index (χ2v) is 9.22. The van der Waals surface area contributed by atoms with Crippen molar-refractivity contribution in [2.45, 2.75) is 25.6 Å². The Morgan fingerprint density at radius 1 is 1.14 bits per heavy atom. The number of aromatic nitrogens is 1. The van der Waals surface area contributed by atoms with E-state index in [1.54, 1.807) is 0 Å². The second kappa shape index (κ2) is 10.7. The smallest absolute Gasteiger partial charge is 0.416 e. The standard InChI is InChI=1S/C24H26F3N5O3S/c25-24(26,27)16-2-3-18(28)17(10-16)22(34)30-12-21(33)29-11-14-5-7-32(8-6-14)13-15-1-4-20-19(9-15)31-23(36)35-20/h1-4,9-10,14H,5-8,11-13,28H2,(H,29,33)(H,30,34)(H,31,36). The largest absolute Gasteiger partial charge is 0.429 e. The van der Waals surface area contributed by atoms with Crippen LogP contribution in [0.2, 0.25) is 0 Å². The Hall–Kier alpha value is -3.38. The van der Waals surface area contributed by atoms with E-state index in [1.165, 1.54) is 0 Å². The molecule has 5 N–H and O–H groups in total. The number of nitrogens with one attached hydrogen (secondary N) is 3. The molecule has 12 heteroatoms. The van der Waals surface area contributed by atoms with Gasteiger partial charge in [-0.15, -0.1) is 0 Å². The lowest BCUT2D eigenvalue weighted by atomic mass is 9.96. The summed E-state index contributed by atoms with van der Waals surface area (Å²) >= 11 is 5.02. The fourth-order valence-corrected chi connectivity index (χ4v) is 4.41. The number of rotatable bonds is 7. The van der Waals surface area contributed by atoms with Gasteiger partial charge in [-0.1, -0.05) is 6.07 Å². The van der Waals surface area contributed by atoms with Crippen LogP contribution < -0.4 is 16.4 Å². The number of hydrogen-bond acceptors (Lipinski definition) is 6. The lowest BCUT2D eigenvalue weighted by Gasteiger charge is -2.32. The van der Waals surface area contributed by atoms with Gasteiger partial charge < -0.3 is 25.8 Å². The minimum Gasteiger partial charge on any atom is -0.429 e. The number of fused-ring (bicyclic) bond motifs is 1. The molecule has 1 aromatic heterocycles. The van der Waals surface area contributed by atoms with Crippen molar-refractivity contribution in [3.05, 3.63) is 57.9 Å². The molecule has 2 heterocycles. The van der Waals surface area contributed by atoms with Crippen molar-refractivity contribution in [1.29, 1.82) is 0 Å². The second-order valence-electron chi connectivity index (χ2n) is 8.85. The number of halogens is 3. The molecular weight excluding hydrogens is 495 g/mol. The van der Waals surface area contributed by atoms with Gasteiger partial charge in [-0.05, 0) is 80.0 Å². The topological polar surface area (TPSA) is 116 Å². The first-order valence-electron chi connectivity index (χ1n) is 11.4. The van der Waals surface area contributed by atoms with Crippen molar-refractivity contribution >= 4 is 40.8 Å². The maximum absolute atomic E-state index is 12.9. The van der Waals surface area contributed by atoms with Crippen LogP contribution in [-0.4, -0.2) is 47.9 Å². The first-order valence-corrected chi connectivity index (χ1v) is 11.8. The summed E-state index contributed by atoms with van der Waals surface area (Å²) in [6.07, 6.45) is -2.79. The van der Waals surface area contributed by atoms with Crippen LogP contribution >= 0.6 is 12.2 Å². The third kappa shape index (κ3) is 6.43.